The summed E-state index contributed by atoms with van der Waals surface area (Å²) in [6.45, 7) is 7.90. The first kappa shape index (κ1) is 14.8. The molecule has 1 heterocycles. The lowest BCUT2D eigenvalue weighted by Crippen LogP contribution is -2.33. The molecule has 1 aromatic rings. The molecule has 0 aliphatic heterocycles. The van der Waals surface area contributed by atoms with Crippen LogP contribution in [0.15, 0.2) is 16.7 Å². The van der Waals surface area contributed by atoms with E-state index < -0.39 is 0 Å². The van der Waals surface area contributed by atoms with Crippen molar-refractivity contribution in [3.05, 3.63) is 22.3 Å². The van der Waals surface area contributed by atoms with E-state index in [1.807, 2.05) is 6.20 Å². The van der Waals surface area contributed by atoms with E-state index in [9.17, 15) is 0 Å². The van der Waals surface area contributed by atoms with Gasteiger partial charge < -0.3 is 5.32 Å². The largest absolute Gasteiger partial charge is 0.369 e. The number of anilines is 1. The van der Waals surface area contributed by atoms with Crippen molar-refractivity contribution < 1.29 is 0 Å². The number of rotatable bonds is 4. The maximum Gasteiger partial charge on any atom is 0.128 e. The van der Waals surface area contributed by atoms with Crippen LogP contribution in [-0.4, -0.2) is 11.5 Å². The number of nitrogens with zero attached hydrogens (tertiary/aromatic N) is 1. The van der Waals surface area contributed by atoms with Gasteiger partial charge in [0.2, 0.25) is 0 Å². The van der Waals surface area contributed by atoms with Crippen molar-refractivity contribution in [1.29, 1.82) is 0 Å². The Labute approximate surface area is 125 Å². The zero-order chi connectivity index (χ0) is 13.9. The molecule has 0 spiro atoms. The van der Waals surface area contributed by atoms with Crippen LogP contribution in [0.4, 0.5) is 5.82 Å². The van der Waals surface area contributed by atoms with E-state index in [1.54, 1.807) is 0 Å². The molecule has 1 N–H and O–H groups in total. The predicted octanol–water partition coefficient (Wildman–Crippen LogP) is 5.17. The minimum Gasteiger partial charge on any atom is -0.369 e. The van der Waals surface area contributed by atoms with E-state index in [0.29, 0.717) is 5.41 Å². The third kappa shape index (κ3) is 3.95. The quantitative estimate of drug-likeness (QED) is 0.826. The van der Waals surface area contributed by atoms with Crippen LogP contribution in [0.5, 0.6) is 0 Å². The van der Waals surface area contributed by atoms with Gasteiger partial charge in [0.25, 0.3) is 0 Å². The molecule has 1 fully saturated rings. The number of hydrogen-bond donors (Lipinski definition) is 1. The summed E-state index contributed by atoms with van der Waals surface area (Å²) in [7, 11) is 0. The van der Waals surface area contributed by atoms with Crippen LogP contribution in [0.25, 0.3) is 0 Å². The molecule has 1 aliphatic rings. The van der Waals surface area contributed by atoms with Crippen molar-refractivity contribution >= 4 is 21.7 Å². The fraction of sp³-hybridized carbons (Fsp3) is 0.688. The fourth-order valence-electron chi connectivity index (χ4n) is 3.07. The molecule has 0 aromatic carbocycles. The van der Waals surface area contributed by atoms with E-state index in [1.165, 1.54) is 37.7 Å². The summed E-state index contributed by atoms with van der Waals surface area (Å²) in [5.74, 6) is 1.87. The molecular weight excluding hydrogens is 300 g/mol. The molecule has 2 rings (SSSR count). The van der Waals surface area contributed by atoms with Gasteiger partial charge in [0.05, 0.1) is 0 Å². The van der Waals surface area contributed by atoms with Crippen LogP contribution >= 0.6 is 15.9 Å². The lowest BCUT2D eigenvalue weighted by molar-refractivity contribution is 0.171. The highest BCUT2D eigenvalue weighted by Gasteiger charge is 2.30. The summed E-state index contributed by atoms with van der Waals surface area (Å²) in [5.41, 5.74) is 1.55. The molecule has 0 saturated heterocycles. The van der Waals surface area contributed by atoms with E-state index in [2.05, 4.69) is 53.1 Å². The summed E-state index contributed by atoms with van der Waals surface area (Å²) in [6.07, 6.45) is 8.88. The Morgan fingerprint density at radius 1 is 1.32 bits per heavy atom. The molecule has 1 saturated carbocycles. The lowest BCUT2D eigenvalue weighted by Gasteiger charge is -2.37. The van der Waals surface area contributed by atoms with Gasteiger partial charge in [0.15, 0.2) is 0 Å². The normalized spacial score (nSPS) is 17.5. The van der Waals surface area contributed by atoms with E-state index in [-0.39, 0.29) is 0 Å². The Morgan fingerprint density at radius 3 is 2.63 bits per heavy atom. The van der Waals surface area contributed by atoms with Gasteiger partial charge in [-0.15, -0.1) is 0 Å². The Hall–Kier alpha value is -0.570. The highest BCUT2D eigenvalue weighted by Crippen LogP contribution is 2.38. The monoisotopic (exact) mass is 324 g/mol. The van der Waals surface area contributed by atoms with Crippen molar-refractivity contribution in [2.45, 2.75) is 52.9 Å². The molecule has 0 bridgehead atoms. The van der Waals surface area contributed by atoms with Crippen LogP contribution in [0.1, 0.15) is 51.5 Å². The number of pyridine rings is 1. The van der Waals surface area contributed by atoms with Gasteiger partial charge in [-0.1, -0.05) is 33.1 Å². The first-order valence-electron chi connectivity index (χ1n) is 7.35. The number of nitrogens with one attached hydrogen (secondary N) is 1. The highest BCUT2D eigenvalue weighted by molar-refractivity contribution is 9.10. The summed E-state index contributed by atoms with van der Waals surface area (Å²) in [4.78, 5) is 4.47. The average Bonchev–Trinajstić information content (AvgIpc) is 2.39. The van der Waals surface area contributed by atoms with Crippen LogP contribution < -0.4 is 5.32 Å². The van der Waals surface area contributed by atoms with Crippen LogP contribution in [0.2, 0.25) is 0 Å². The molecule has 0 radical (unpaired) electrons. The first-order chi connectivity index (χ1) is 8.99. The van der Waals surface area contributed by atoms with E-state index in [4.69, 9.17) is 0 Å². The van der Waals surface area contributed by atoms with Gasteiger partial charge in [0, 0.05) is 17.2 Å². The predicted molar refractivity (Wildman–Crippen MR) is 85.5 cm³/mol. The third-order valence-electron chi connectivity index (χ3n) is 4.47. The molecule has 1 aliphatic carbocycles. The Kier molecular flexibility index (Phi) is 4.88. The lowest BCUT2D eigenvalue weighted by atomic mass is 9.71. The standard InChI is InChI=1S/C16H25BrN2/c1-12-9-14(17)10-18-15(12)19-11-16(2,3)13-7-5-4-6-8-13/h9-10,13H,4-8,11H2,1-3H3,(H,18,19). The Bertz CT molecular complexity index is 423. The van der Waals surface area contributed by atoms with Crippen LogP contribution in [-0.2, 0) is 0 Å². The van der Waals surface area contributed by atoms with Gasteiger partial charge in [-0.25, -0.2) is 4.98 Å². The zero-order valence-electron chi connectivity index (χ0n) is 12.3. The van der Waals surface area contributed by atoms with Gasteiger partial charge >= 0.3 is 0 Å². The summed E-state index contributed by atoms with van der Waals surface area (Å²) < 4.78 is 1.04. The third-order valence-corrected chi connectivity index (χ3v) is 4.90. The number of hydrogen-bond acceptors (Lipinski definition) is 2. The summed E-state index contributed by atoms with van der Waals surface area (Å²) in [6, 6.07) is 2.11. The topological polar surface area (TPSA) is 24.9 Å². The highest BCUT2D eigenvalue weighted by atomic mass is 79.9. The second-order valence-corrected chi connectivity index (χ2v) is 7.41. The van der Waals surface area contributed by atoms with E-state index >= 15 is 0 Å². The molecule has 0 atom stereocenters. The second-order valence-electron chi connectivity index (χ2n) is 6.50. The molecule has 0 unspecified atom stereocenters. The molecule has 1 aromatic heterocycles. The molecule has 19 heavy (non-hydrogen) atoms. The number of aromatic nitrogens is 1. The Morgan fingerprint density at radius 2 is 2.00 bits per heavy atom. The van der Waals surface area contributed by atoms with Crippen LogP contribution in [0.3, 0.4) is 0 Å². The van der Waals surface area contributed by atoms with Gasteiger partial charge in [-0.3, -0.25) is 0 Å². The maximum atomic E-state index is 4.47. The molecular formula is C16H25BrN2. The minimum atomic E-state index is 0.349. The van der Waals surface area contributed by atoms with Gasteiger partial charge in [-0.05, 0) is 58.7 Å². The molecule has 0 amide bonds. The SMILES string of the molecule is Cc1cc(Br)cnc1NCC(C)(C)C1CCCCC1. The number of halogens is 1. The minimum absolute atomic E-state index is 0.349. The summed E-state index contributed by atoms with van der Waals surface area (Å²) >= 11 is 3.46. The Balaban J connectivity index is 1.96. The van der Waals surface area contributed by atoms with E-state index in [0.717, 1.165) is 22.8 Å². The van der Waals surface area contributed by atoms with Gasteiger partial charge in [0.1, 0.15) is 5.82 Å². The smallest absolute Gasteiger partial charge is 0.128 e. The molecule has 3 heteroatoms. The van der Waals surface area contributed by atoms with Crippen molar-refractivity contribution in [3.63, 3.8) is 0 Å². The number of aryl methyl sites for hydroxylation is 1. The molecule has 106 valence electrons. The second kappa shape index (κ2) is 6.25. The summed E-state index contributed by atoms with van der Waals surface area (Å²) in [5, 5.41) is 3.55. The van der Waals surface area contributed by atoms with Crippen LogP contribution in [0, 0.1) is 18.3 Å². The fourth-order valence-corrected chi connectivity index (χ4v) is 3.51. The van der Waals surface area contributed by atoms with Crippen molar-refractivity contribution in [2.75, 3.05) is 11.9 Å². The first-order valence-corrected chi connectivity index (χ1v) is 8.14. The van der Waals surface area contributed by atoms with Crippen molar-refractivity contribution in [1.82, 2.24) is 4.98 Å². The maximum absolute atomic E-state index is 4.47. The zero-order valence-corrected chi connectivity index (χ0v) is 13.9. The average molecular weight is 325 g/mol. The van der Waals surface area contributed by atoms with Gasteiger partial charge in [-0.2, -0.15) is 0 Å². The van der Waals surface area contributed by atoms with Crippen molar-refractivity contribution in [2.24, 2.45) is 11.3 Å². The molecule has 2 nitrogen and oxygen atoms in total. The van der Waals surface area contributed by atoms with Crippen molar-refractivity contribution in [3.8, 4) is 0 Å².